The molecule has 1 aromatic heterocycles. The molecular weight excluding hydrogens is 492 g/mol. The quantitative estimate of drug-likeness (QED) is 0.299. The molecule has 2 N–H and O–H groups in total. The van der Waals surface area contributed by atoms with Gasteiger partial charge in [-0.15, -0.1) is 0 Å². The molecule has 0 unspecified atom stereocenters. The highest BCUT2D eigenvalue weighted by atomic mass is 79.9. The number of aromatic carboxylic acids is 1. The summed E-state index contributed by atoms with van der Waals surface area (Å²) in [6.07, 6.45) is 0. The Labute approximate surface area is 199 Å². The number of nitrogens with one attached hydrogen (secondary N) is 1. The third-order valence-corrected chi connectivity index (χ3v) is 6.14. The zero-order chi connectivity index (χ0) is 22.7. The normalized spacial score (nSPS) is 11.1. The highest BCUT2D eigenvalue weighted by Crippen LogP contribution is 2.28. The van der Waals surface area contributed by atoms with Crippen molar-refractivity contribution in [1.29, 1.82) is 0 Å². The van der Waals surface area contributed by atoms with Gasteiger partial charge in [-0.1, -0.05) is 57.9 Å². The number of hydrogen-bond donors (Lipinski definition) is 2. The molecular formula is C25H22BrClN2O3. The molecule has 0 aliphatic carbocycles. The van der Waals surface area contributed by atoms with E-state index in [9.17, 15) is 9.90 Å². The second-order valence-corrected chi connectivity index (χ2v) is 8.77. The molecule has 0 atom stereocenters. The smallest absolute Gasteiger partial charge is 0.352 e. The van der Waals surface area contributed by atoms with Gasteiger partial charge < -0.3 is 19.7 Å². The molecule has 7 heteroatoms. The first-order valence-electron chi connectivity index (χ1n) is 10.1. The lowest BCUT2D eigenvalue weighted by Crippen LogP contribution is -2.17. The zero-order valence-electron chi connectivity index (χ0n) is 17.4. The van der Waals surface area contributed by atoms with Crippen LogP contribution in [-0.4, -0.2) is 22.8 Å². The maximum atomic E-state index is 12.3. The van der Waals surface area contributed by atoms with Crippen LogP contribution in [0.15, 0.2) is 71.2 Å². The number of carboxylic acid groups (broad SMARTS) is 1. The first kappa shape index (κ1) is 22.4. The lowest BCUT2D eigenvalue weighted by atomic mass is 10.1. The van der Waals surface area contributed by atoms with Gasteiger partial charge in [0.05, 0.1) is 7.11 Å². The van der Waals surface area contributed by atoms with Gasteiger partial charge in [0.2, 0.25) is 0 Å². The fourth-order valence-electron chi connectivity index (χ4n) is 3.94. The molecule has 0 aliphatic heterocycles. The number of nitrogens with zero attached hydrogens (tertiary/aromatic N) is 1. The van der Waals surface area contributed by atoms with E-state index in [1.807, 2.05) is 71.3 Å². The van der Waals surface area contributed by atoms with Gasteiger partial charge in [-0.2, -0.15) is 0 Å². The third-order valence-electron chi connectivity index (χ3n) is 5.39. The number of rotatable bonds is 8. The van der Waals surface area contributed by atoms with Gasteiger partial charge in [-0.05, 0) is 42.0 Å². The van der Waals surface area contributed by atoms with Gasteiger partial charge in [0.15, 0.2) is 0 Å². The Morgan fingerprint density at radius 2 is 1.84 bits per heavy atom. The number of methoxy groups -OCH3 is 1. The summed E-state index contributed by atoms with van der Waals surface area (Å²) >= 11 is 9.51. The maximum Gasteiger partial charge on any atom is 0.352 e. The van der Waals surface area contributed by atoms with Crippen molar-refractivity contribution >= 4 is 44.4 Å². The average Bonchev–Trinajstić information content (AvgIpc) is 3.09. The van der Waals surface area contributed by atoms with Crippen LogP contribution >= 0.6 is 27.5 Å². The zero-order valence-corrected chi connectivity index (χ0v) is 19.8. The Morgan fingerprint density at radius 3 is 2.56 bits per heavy atom. The van der Waals surface area contributed by atoms with Crippen LogP contribution in [0.3, 0.4) is 0 Å². The van der Waals surface area contributed by atoms with Crippen molar-refractivity contribution in [1.82, 2.24) is 9.88 Å². The molecule has 0 fully saturated rings. The largest absolute Gasteiger partial charge is 0.496 e. The number of aromatic nitrogens is 1. The number of halogens is 2. The van der Waals surface area contributed by atoms with Gasteiger partial charge in [-0.3, -0.25) is 0 Å². The fraction of sp³-hybridized carbons (Fsp3) is 0.160. The minimum absolute atomic E-state index is 0.287. The standard InChI is InChI=1S/C25H22BrClN2O3/c1-32-23-11-8-18(26)12-17(23)13-28-14-21-20-4-2-3-5-22(20)29(24(21)25(30)31)15-16-6-9-19(27)10-7-16/h2-12,28H,13-15H2,1H3,(H,30,31). The minimum Gasteiger partial charge on any atom is -0.496 e. The summed E-state index contributed by atoms with van der Waals surface area (Å²) in [5.41, 5.74) is 3.90. The van der Waals surface area contributed by atoms with Crippen LogP contribution in [0.5, 0.6) is 5.75 Å². The summed E-state index contributed by atoms with van der Waals surface area (Å²) < 4.78 is 8.26. The number of ether oxygens (including phenoxy) is 1. The Kier molecular flexibility index (Phi) is 6.84. The molecule has 0 spiro atoms. The number of benzene rings is 3. The van der Waals surface area contributed by atoms with Crippen LogP contribution in [0.2, 0.25) is 5.02 Å². The van der Waals surface area contributed by atoms with Gasteiger partial charge >= 0.3 is 5.97 Å². The molecule has 0 radical (unpaired) electrons. The van der Waals surface area contributed by atoms with Crippen molar-refractivity contribution in [2.75, 3.05) is 7.11 Å². The summed E-state index contributed by atoms with van der Waals surface area (Å²) in [7, 11) is 1.64. The Bertz CT molecular complexity index is 1270. The second kappa shape index (κ2) is 9.77. The Balaban J connectivity index is 1.68. The number of carboxylic acids is 1. The molecule has 32 heavy (non-hydrogen) atoms. The van der Waals surface area contributed by atoms with Crippen LogP contribution in [0.25, 0.3) is 10.9 Å². The molecule has 0 saturated heterocycles. The summed E-state index contributed by atoms with van der Waals surface area (Å²) in [6.45, 7) is 1.39. The lowest BCUT2D eigenvalue weighted by Gasteiger charge is -2.12. The van der Waals surface area contributed by atoms with E-state index in [1.165, 1.54) is 0 Å². The summed E-state index contributed by atoms with van der Waals surface area (Å²) in [6, 6.07) is 21.1. The predicted octanol–water partition coefficient (Wildman–Crippen LogP) is 6.10. The monoisotopic (exact) mass is 512 g/mol. The van der Waals surface area contributed by atoms with Crippen LogP contribution < -0.4 is 10.1 Å². The molecule has 4 rings (SSSR count). The fourth-order valence-corrected chi connectivity index (χ4v) is 4.48. The van der Waals surface area contributed by atoms with E-state index < -0.39 is 5.97 Å². The van der Waals surface area contributed by atoms with Crippen molar-refractivity contribution in [3.05, 3.63) is 98.6 Å². The van der Waals surface area contributed by atoms with Crippen molar-refractivity contribution in [2.24, 2.45) is 0 Å². The van der Waals surface area contributed by atoms with E-state index in [0.29, 0.717) is 24.7 Å². The van der Waals surface area contributed by atoms with E-state index in [1.54, 1.807) is 7.11 Å². The molecule has 3 aromatic carbocycles. The average molecular weight is 514 g/mol. The lowest BCUT2D eigenvalue weighted by molar-refractivity contribution is 0.0684. The van der Waals surface area contributed by atoms with Crippen LogP contribution in [0, 0.1) is 0 Å². The van der Waals surface area contributed by atoms with E-state index in [-0.39, 0.29) is 5.69 Å². The van der Waals surface area contributed by atoms with Crippen molar-refractivity contribution in [3.8, 4) is 5.75 Å². The summed E-state index contributed by atoms with van der Waals surface area (Å²) in [5, 5.41) is 15.1. The van der Waals surface area contributed by atoms with E-state index in [0.717, 1.165) is 37.8 Å². The SMILES string of the molecule is COc1ccc(Br)cc1CNCc1c(C(=O)O)n(Cc2ccc(Cl)cc2)c2ccccc12. The topological polar surface area (TPSA) is 63.5 Å². The van der Waals surface area contributed by atoms with E-state index >= 15 is 0 Å². The molecule has 0 saturated carbocycles. The number of fused-ring (bicyclic) bond motifs is 1. The van der Waals surface area contributed by atoms with Crippen molar-refractivity contribution < 1.29 is 14.6 Å². The van der Waals surface area contributed by atoms with E-state index in [2.05, 4.69) is 21.2 Å². The van der Waals surface area contributed by atoms with Crippen LogP contribution in [0.1, 0.15) is 27.2 Å². The highest BCUT2D eigenvalue weighted by Gasteiger charge is 2.22. The number of carbonyl (C=O) groups is 1. The maximum absolute atomic E-state index is 12.3. The molecule has 0 amide bonds. The van der Waals surface area contributed by atoms with Gasteiger partial charge in [0.1, 0.15) is 11.4 Å². The second-order valence-electron chi connectivity index (χ2n) is 7.42. The van der Waals surface area contributed by atoms with Crippen molar-refractivity contribution in [3.63, 3.8) is 0 Å². The molecule has 1 heterocycles. The summed E-state index contributed by atoms with van der Waals surface area (Å²) in [4.78, 5) is 12.3. The van der Waals surface area contributed by atoms with Gasteiger partial charge in [0.25, 0.3) is 0 Å². The Morgan fingerprint density at radius 1 is 1.09 bits per heavy atom. The Hall–Kier alpha value is -2.80. The number of hydrogen-bond acceptors (Lipinski definition) is 3. The molecule has 164 valence electrons. The molecule has 5 nitrogen and oxygen atoms in total. The summed E-state index contributed by atoms with van der Waals surface area (Å²) in [5.74, 6) is -0.170. The van der Waals surface area contributed by atoms with Gasteiger partial charge in [0, 0.05) is 51.2 Å². The minimum atomic E-state index is -0.952. The van der Waals surface area contributed by atoms with Crippen LogP contribution in [0.4, 0.5) is 0 Å². The first-order chi connectivity index (χ1) is 15.5. The van der Waals surface area contributed by atoms with Crippen LogP contribution in [-0.2, 0) is 19.6 Å². The molecule has 0 bridgehead atoms. The number of para-hydroxylation sites is 1. The molecule has 4 aromatic rings. The predicted molar refractivity (Wildman–Crippen MR) is 131 cm³/mol. The van der Waals surface area contributed by atoms with Crippen molar-refractivity contribution in [2.45, 2.75) is 19.6 Å². The third kappa shape index (κ3) is 4.67. The van der Waals surface area contributed by atoms with Gasteiger partial charge in [-0.25, -0.2) is 4.79 Å². The van der Waals surface area contributed by atoms with E-state index in [4.69, 9.17) is 16.3 Å². The first-order valence-corrected chi connectivity index (χ1v) is 11.3. The molecule has 0 aliphatic rings. The highest BCUT2D eigenvalue weighted by molar-refractivity contribution is 9.10.